The molecule has 2 fully saturated rings. The Morgan fingerprint density at radius 1 is 0.830 bits per heavy atom. The fourth-order valence-electron chi connectivity index (χ4n) is 6.35. The number of amides is 2. The van der Waals surface area contributed by atoms with Crippen LogP contribution >= 0.6 is 0 Å². The van der Waals surface area contributed by atoms with E-state index in [1.807, 2.05) is 97.1 Å². The number of hydrogen-bond acceptors (Lipinski definition) is 6. The van der Waals surface area contributed by atoms with Gasteiger partial charge >= 0.3 is 6.03 Å². The summed E-state index contributed by atoms with van der Waals surface area (Å²) in [6.07, 6.45) is 6.91. The second-order valence-corrected chi connectivity index (χ2v) is 12.2. The molecule has 1 saturated carbocycles. The van der Waals surface area contributed by atoms with Crippen LogP contribution in [0.3, 0.4) is 0 Å². The number of ether oxygens (including phenoxy) is 3. The third-order valence-corrected chi connectivity index (χ3v) is 8.79. The number of urea groups is 1. The van der Waals surface area contributed by atoms with Gasteiger partial charge in [-0.2, -0.15) is 0 Å². The zero-order valence-electron chi connectivity index (χ0n) is 26.6. The van der Waals surface area contributed by atoms with E-state index in [4.69, 9.17) is 14.2 Å². The summed E-state index contributed by atoms with van der Waals surface area (Å²) in [7, 11) is 0. The van der Waals surface area contributed by atoms with Crippen molar-refractivity contribution >= 4 is 17.4 Å². The van der Waals surface area contributed by atoms with Gasteiger partial charge in [-0.3, -0.25) is 4.90 Å². The van der Waals surface area contributed by atoms with E-state index in [1.165, 1.54) is 25.7 Å². The van der Waals surface area contributed by atoms with E-state index in [0.717, 1.165) is 42.0 Å². The smallest absolute Gasteiger partial charge is 0.323 e. The topological polar surface area (TPSA) is 92.3 Å². The highest BCUT2D eigenvalue weighted by Gasteiger charge is 2.34. The molecule has 1 aliphatic carbocycles. The predicted molar refractivity (Wildman–Crippen MR) is 184 cm³/mol. The molecule has 2 aliphatic rings. The lowest BCUT2D eigenvalue weighted by Crippen LogP contribution is -2.43. The predicted octanol–water partition coefficient (Wildman–Crippen LogP) is 8.59. The van der Waals surface area contributed by atoms with Gasteiger partial charge in [0.15, 0.2) is 6.29 Å². The molecule has 0 unspecified atom stereocenters. The Morgan fingerprint density at radius 2 is 1.45 bits per heavy atom. The highest BCUT2D eigenvalue weighted by atomic mass is 16.7. The standard InChI is InChI=1S/C39H43N3O5/c1-2-24-42(33-8-6-7-9-33)26-36-25-37(29-14-12-28(27-43)13-15-29)47-38(46-36)30-16-18-31(19-17-30)40-39(44)41-32-20-22-35(23-21-32)45-34-10-4-3-5-11-34/h2-5,10-23,33,36-38,43H,1,6-9,24-27H2,(H2,40,41,44)/t36-,37+,38+/m1/s1. The number of aliphatic hydroxyl groups excluding tert-OH is 1. The third-order valence-electron chi connectivity index (χ3n) is 8.79. The highest BCUT2D eigenvalue weighted by Crippen LogP contribution is 2.39. The third kappa shape index (κ3) is 8.87. The number of nitrogens with zero attached hydrogens (tertiary/aromatic N) is 1. The molecule has 47 heavy (non-hydrogen) atoms. The minimum absolute atomic E-state index is 0.00642. The maximum atomic E-state index is 12.8. The second kappa shape index (κ2) is 15.9. The van der Waals surface area contributed by atoms with Gasteiger partial charge in [-0.25, -0.2) is 4.79 Å². The molecule has 1 aliphatic heterocycles. The Bertz CT molecular complexity index is 1570. The van der Waals surface area contributed by atoms with Crippen LogP contribution < -0.4 is 15.4 Å². The van der Waals surface area contributed by atoms with Crippen LogP contribution in [0.25, 0.3) is 0 Å². The van der Waals surface area contributed by atoms with Crippen LogP contribution in [0.4, 0.5) is 16.2 Å². The van der Waals surface area contributed by atoms with E-state index in [-0.39, 0.29) is 24.8 Å². The number of nitrogens with one attached hydrogen (secondary N) is 2. The first-order valence-corrected chi connectivity index (χ1v) is 16.4. The van der Waals surface area contributed by atoms with E-state index in [1.54, 1.807) is 12.1 Å². The van der Waals surface area contributed by atoms with Crippen LogP contribution in [0.15, 0.2) is 116 Å². The Morgan fingerprint density at radius 3 is 2.09 bits per heavy atom. The molecule has 1 saturated heterocycles. The molecule has 2 amide bonds. The van der Waals surface area contributed by atoms with E-state index in [2.05, 4.69) is 22.1 Å². The van der Waals surface area contributed by atoms with E-state index in [0.29, 0.717) is 23.2 Å². The first-order valence-electron chi connectivity index (χ1n) is 16.4. The number of hydrogen-bond donors (Lipinski definition) is 3. The molecule has 3 atom stereocenters. The summed E-state index contributed by atoms with van der Waals surface area (Å²) in [4.78, 5) is 15.3. The van der Waals surface area contributed by atoms with Gasteiger partial charge < -0.3 is 30.0 Å². The van der Waals surface area contributed by atoms with Gasteiger partial charge in [0.1, 0.15) is 11.5 Å². The van der Waals surface area contributed by atoms with Gasteiger partial charge in [0.25, 0.3) is 0 Å². The number of para-hydroxylation sites is 1. The molecule has 8 nitrogen and oxygen atoms in total. The van der Waals surface area contributed by atoms with Crippen molar-refractivity contribution in [2.24, 2.45) is 0 Å². The zero-order valence-corrected chi connectivity index (χ0v) is 26.6. The number of carbonyl (C=O) groups excluding carboxylic acids is 1. The average Bonchev–Trinajstić information content (AvgIpc) is 3.65. The number of aliphatic hydroxyl groups is 1. The molecule has 4 aromatic carbocycles. The number of rotatable bonds is 12. The lowest BCUT2D eigenvalue weighted by Gasteiger charge is -2.39. The summed E-state index contributed by atoms with van der Waals surface area (Å²) < 4.78 is 19.0. The largest absolute Gasteiger partial charge is 0.457 e. The molecule has 0 spiro atoms. The van der Waals surface area contributed by atoms with Crippen molar-refractivity contribution in [1.29, 1.82) is 0 Å². The summed E-state index contributed by atoms with van der Waals surface area (Å²) in [5.74, 6) is 1.43. The highest BCUT2D eigenvalue weighted by molar-refractivity contribution is 5.99. The molecule has 1 heterocycles. The average molecular weight is 634 g/mol. The molecule has 244 valence electrons. The minimum Gasteiger partial charge on any atom is -0.457 e. The van der Waals surface area contributed by atoms with Crippen LogP contribution in [0, 0.1) is 0 Å². The fraction of sp³-hybridized carbons (Fsp3) is 0.308. The molecular formula is C39H43N3O5. The summed E-state index contributed by atoms with van der Waals surface area (Å²) in [5.41, 5.74) is 4.11. The first kappa shape index (κ1) is 32.5. The monoisotopic (exact) mass is 633 g/mol. The first-order chi connectivity index (χ1) is 23.1. The Kier molecular flexibility index (Phi) is 11.0. The lowest BCUT2D eigenvalue weighted by molar-refractivity contribution is -0.253. The molecule has 0 aromatic heterocycles. The molecular weight excluding hydrogens is 590 g/mol. The second-order valence-electron chi connectivity index (χ2n) is 12.2. The zero-order chi connectivity index (χ0) is 32.4. The number of benzene rings is 4. The molecule has 4 aromatic rings. The van der Waals surface area contributed by atoms with Crippen molar-refractivity contribution in [1.82, 2.24) is 4.90 Å². The van der Waals surface area contributed by atoms with Crippen LogP contribution in [-0.2, 0) is 16.1 Å². The Hall–Kier alpha value is -4.47. The van der Waals surface area contributed by atoms with Crippen LogP contribution in [0.2, 0.25) is 0 Å². The molecule has 8 heteroatoms. The van der Waals surface area contributed by atoms with Gasteiger partial charge in [0.05, 0.1) is 18.8 Å². The molecule has 6 rings (SSSR count). The minimum atomic E-state index is -0.565. The van der Waals surface area contributed by atoms with Crippen molar-refractivity contribution in [2.75, 3.05) is 23.7 Å². The van der Waals surface area contributed by atoms with E-state index < -0.39 is 6.29 Å². The summed E-state index contributed by atoms with van der Waals surface area (Å²) in [6, 6.07) is 32.5. The summed E-state index contributed by atoms with van der Waals surface area (Å²) in [5, 5.41) is 15.3. The fourth-order valence-corrected chi connectivity index (χ4v) is 6.35. The van der Waals surface area contributed by atoms with Crippen molar-refractivity contribution in [3.05, 3.63) is 132 Å². The SMILES string of the molecule is C=CCN(C[C@H]1C[C@@H](c2ccc(CO)cc2)O[C@@H](c2ccc(NC(=O)Nc3ccc(Oc4ccccc4)cc3)cc2)O1)C1CCCC1. The maximum Gasteiger partial charge on any atom is 0.323 e. The molecule has 0 radical (unpaired) electrons. The normalized spacial score (nSPS) is 19.7. The number of anilines is 2. The van der Waals surface area contributed by atoms with Crippen LogP contribution in [0.5, 0.6) is 11.5 Å². The molecule has 3 N–H and O–H groups in total. The van der Waals surface area contributed by atoms with Gasteiger partial charge in [-0.05, 0) is 72.5 Å². The van der Waals surface area contributed by atoms with Crippen molar-refractivity contribution < 1.29 is 24.1 Å². The molecule has 0 bridgehead atoms. The van der Waals surface area contributed by atoms with Gasteiger partial charge in [0, 0.05) is 42.5 Å². The van der Waals surface area contributed by atoms with Gasteiger partial charge in [-0.1, -0.05) is 73.5 Å². The van der Waals surface area contributed by atoms with Crippen molar-refractivity contribution in [2.45, 2.75) is 63.3 Å². The maximum absolute atomic E-state index is 12.8. The Labute approximate surface area is 277 Å². The van der Waals surface area contributed by atoms with E-state index in [9.17, 15) is 9.90 Å². The quantitative estimate of drug-likeness (QED) is 0.135. The van der Waals surface area contributed by atoms with Gasteiger partial charge in [-0.15, -0.1) is 6.58 Å². The van der Waals surface area contributed by atoms with Gasteiger partial charge in [0.2, 0.25) is 0 Å². The van der Waals surface area contributed by atoms with Crippen molar-refractivity contribution in [3.8, 4) is 11.5 Å². The summed E-state index contributed by atoms with van der Waals surface area (Å²) in [6.45, 7) is 5.65. The van der Waals surface area contributed by atoms with Crippen LogP contribution in [-0.4, -0.2) is 41.3 Å². The van der Waals surface area contributed by atoms with Crippen molar-refractivity contribution in [3.63, 3.8) is 0 Å². The number of carbonyl (C=O) groups is 1. The van der Waals surface area contributed by atoms with Crippen LogP contribution in [0.1, 0.15) is 61.2 Å². The van der Waals surface area contributed by atoms with E-state index >= 15 is 0 Å². The Balaban J connectivity index is 1.10. The lowest BCUT2D eigenvalue weighted by atomic mass is 9.99. The summed E-state index contributed by atoms with van der Waals surface area (Å²) >= 11 is 0.